The molecule has 7 heteroatoms. The van der Waals surface area contributed by atoms with E-state index in [0.717, 1.165) is 5.56 Å². The standard InChI is InChI=1S/C17H17N3O4/c1-12-3-2-4-14(11-12)19-16(21)9-10-18-17(22)13-5-7-15(8-6-13)20(23)24/h2-8,11H,9-10H2,1H3,(H,18,22)(H,19,21). The van der Waals surface area contributed by atoms with Crippen LogP contribution in [0.1, 0.15) is 22.3 Å². The zero-order valence-electron chi connectivity index (χ0n) is 13.1. The predicted octanol–water partition coefficient (Wildman–Crippen LogP) is 2.66. The van der Waals surface area contributed by atoms with Gasteiger partial charge in [0.2, 0.25) is 5.91 Å². The lowest BCUT2D eigenvalue weighted by molar-refractivity contribution is -0.384. The molecule has 0 aliphatic heterocycles. The van der Waals surface area contributed by atoms with Gasteiger partial charge in [-0.05, 0) is 36.8 Å². The second kappa shape index (κ2) is 7.87. The fourth-order valence-corrected chi connectivity index (χ4v) is 2.07. The zero-order valence-corrected chi connectivity index (χ0v) is 13.1. The molecule has 0 aliphatic carbocycles. The van der Waals surface area contributed by atoms with Crippen molar-refractivity contribution in [3.05, 3.63) is 69.8 Å². The maximum atomic E-state index is 11.9. The van der Waals surface area contributed by atoms with E-state index in [0.29, 0.717) is 11.3 Å². The van der Waals surface area contributed by atoms with Gasteiger partial charge >= 0.3 is 0 Å². The molecule has 2 aromatic carbocycles. The molecule has 0 radical (unpaired) electrons. The van der Waals surface area contributed by atoms with Crippen molar-refractivity contribution in [2.45, 2.75) is 13.3 Å². The number of hydrogen-bond donors (Lipinski definition) is 2. The molecule has 2 aromatic rings. The van der Waals surface area contributed by atoms with Gasteiger partial charge in [0.15, 0.2) is 0 Å². The number of carbonyl (C=O) groups is 2. The predicted molar refractivity (Wildman–Crippen MR) is 89.9 cm³/mol. The summed E-state index contributed by atoms with van der Waals surface area (Å²) in [4.78, 5) is 33.8. The Hall–Kier alpha value is -3.22. The van der Waals surface area contributed by atoms with Crippen LogP contribution < -0.4 is 10.6 Å². The largest absolute Gasteiger partial charge is 0.352 e. The molecule has 0 saturated heterocycles. The van der Waals surface area contributed by atoms with Crippen LogP contribution in [0.2, 0.25) is 0 Å². The van der Waals surface area contributed by atoms with Gasteiger partial charge in [0.25, 0.3) is 11.6 Å². The van der Waals surface area contributed by atoms with Crippen molar-refractivity contribution < 1.29 is 14.5 Å². The first kappa shape index (κ1) is 17.1. The number of nitro groups is 1. The van der Waals surface area contributed by atoms with Crippen molar-refractivity contribution in [2.75, 3.05) is 11.9 Å². The third kappa shape index (κ3) is 4.91. The summed E-state index contributed by atoms with van der Waals surface area (Å²) in [6.07, 6.45) is 0.132. The molecule has 2 rings (SSSR count). The number of nitrogens with zero attached hydrogens (tertiary/aromatic N) is 1. The van der Waals surface area contributed by atoms with Crippen molar-refractivity contribution in [1.82, 2.24) is 5.32 Å². The van der Waals surface area contributed by atoms with E-state index < -0.39 is 4.92 Å². The fourth-order valence-electron chi connectivity index (χ4n) is 2.07. The van der Waals surface area contributed by atoms with Crippen molar-refractivity contribution in [3.8, 4) is 0 Å². The van der Waals surface area contributed by atoms with Crippen LogP contribution in [0.15, 0.2) is 48.5 Å². The average molecular weight is 327 g/mol. The highest BCUT2D eigenvalue weighted by atomic mass is 16.6. The van der Waals surface area contributed by atoms with Crippen LogP contribution in [0.25, 0.3) is 0 Å². The smallest absolute Gasteiger partial charge is 0.269 e. The number of hydrogen-bond acceptors (Lipinski definition) is 4. The molecule has 0 aliphatic rings. The van der Waals surface area contributed by atoms with Gasteiger partial charge in [-0.15, -0.1) is 0 Å². The number of nitro benzene ring substituents is 1. The Balaban J connectivity index is 1.79. The van der Waals surface area contributed by atoms with Crippen LogP contribution in [0.3, 0.4) is 0 Å². The SMILES string of the molecule is Cc1cccc(NC(=O)CCNC(=O)c2ccc([N+](=O)[O-])cc2)c1. The van der Waals surface area contributed by atoms with Crippen LogP contribution in [0.5, 0.6) is 0 Å². The Bertz CT molecular complexity index is 757. The molecule has 0 aromatic heterocycles. The number of rotatable bonds is 6. The van der Waals surface area contributed by atoms with E-state index >= 15 is 0 Å². The molecule has 0 saturated carbocycles. The van der Waals surface area contributed by atoms with Gasteiger partial charge in [-0.1, -0.05) is 12.1 Å². The number of non-ortho nitro benzene ring substituents is 1. The van der Waals surface area contributed by atoms with E-state index in [1.807, 2.05) is 25.1 Å². The van der Waals surface area contributed by atoms with Gasteiger partial charge in [-0.25, -0.2) is 0 Å². The summed E-state index contributed by atoms with van der Waals surface area (Å²) >= 11 is 0. The minimum absolute atomic E-state index is 0.0796. The molecule has 0 bridgehead atoms. The second-order valence-corrected chi connectivity index (χ2v) is 5.23. The summed E-state index contributed by atoms with van der Waals surface area (Å²) in [7, 11) is 0. The average Bonchev–Trinajstić information content (AvgIpc) is 2.54. The van der Waals surface area contributed by atoms with E-state index in [1.54, 1.807) is 6.07 Å². The molecule has 0 atom stereocenters. The Morgan fingerprint density at radius 2 is 1.83 bits per heavy atom. The molecular weight excluding hydrogens is 310 g/mol. The van der Waals surface area contributed by atoms with Crippen molar-refractivity contribution in [2.24, 2.45) is 0 Å². The first-order chi connectivity index (χ1) is 11.5. The third-order valence-corrected chi connectivity index (χ3v) is 3.28. The molecule has 0 spiro atoms. The lowest BCUT2D eigenvalue weighted by Crippen LogP contribution is -2.27. The lowest BCUT2D eigenvalue weighted by atomic mass is 10.2. The Morgan fingerprint density at radius 3 is 2.46 bits per heavy atom. The number of carbonyl (C=O) groups excluding carboxylic acids is 2. The fraction of sp³-hybridized carbons (Fsp3) is 0.176. The zero-order chi connectivity index (χ0) is 17.5. The first-order valence-electron chi connectivity index (χ1n) is 7.35. The monoisotopic (exact) mass is 327 g/mol. The lowest BCUT2D eigenvalue weighted by Gasteiger charge is -2.07. The minimum Gasteiger partial charge on any atom is -0.352 e. The molecule has 124 valence electrons. The summed E-state index contributed by atoms with van der Waals surface area (Å²) in [5.41, 5.74) is 1.98. The molecule has 2 N–H and O–H groups in total. The van der Waals surface area contributed by atoms with E-state index in [4.69, 9.17) is 0 Å². The quantitative estimate of drug-likeness (QED) is 0.629. The number of benzene rings is 2. The maximum Gasteiger partial charge on any atom is 0.269 e. The molecule has 2 amide bonds. The number of anilines is 1. The number of nitrogens with one attached hydrogen (secondary N) is 2. The maximum absolute atomic E-state index is 11.9. The third-order valence-electron chi connectivity index (χ3n) is 3.28. The number of aryl methyl sites for hydroxylation is 1. The minimum atomic E-state index is -0.530. The van der Waals surface area contributed by atoms with Crippen molar-refractivity contribution >= 4 is 23.2 Å². The topological polar surface area (TPSA) is 101 Å². The van der Waals surface area contributed by atoms with Crippen molar-refractivity contribution in [3.63, 3.8) is 0 Å². The van der Waals surface area contributed by atoms with Crippen LogP contribution in [-0.4, -0.2) is 23.3 Å². The van der Waals surface area contributed by atoms with Gasteiger partial charge in [0, 0.05) is 36.3 Å². The highest BCUT2D eigenvalue weighted by Gasteiger charge is 2.10. The van der Waals surface area contributed by atoms with E-state index in [9.17, 15) is 19.7 Å². The second-order valence-electron chi connectivity index (χ2n) is 5.23. The molecular formula is C17H17N3O4. The van der Waals surface area contributed by atoms with E-state index in [2.05, 4.69) is 10.6 Å². The van der Waals surface area contributed by atoms with Crippen molar-refractivity contribution in [1.29, 1.82) is 0 Å². The Labute approximate surface area is 138 Å². The molecule has 24 heavy (non-hydrogen) atoms. The summed E-state index contributed by atoms with van der Waals surface area (Å²) in [6, 6.07) is 12.7. The van der Waals surface area contributed by atoms with E-state index in [-0.39, 0.29) is 30.5 Å². The number of amides is 2. The highest BCUT2D eigenvalue weighted by molar-refractivity contribution is 5.95. The van der Waals surface area contributed by atoms with Crippen LogP contribution in [-0.2, 0) is 4.79 Å². The van der Waals surface area contributed by atoms with Gasteiger partial charge in [0.1, 0.15) is 0 Å². The summed E-state index contributed by atoms with van der Waals surface area (Å²) in [6.45, 7) is 2.10. The van der Waals surface area contributed by atoms with Gasteiger partial charge in [-0.2, -0.15) is 0 Å². The normalized spacial score (nSPS) is 10.0. The summed E-state index contributed by atoms with van der Waals surface area (Å²) in [5.74, 6) is -0.585. The Morgan fingerprint density at radius 1 is 1.12 bits per heavy atom. The van der Waals surface area contributed by atoms with Gasteiger partial charge in [0.05, 0.1) is 4.92 Å². The molecule has 0 unspecified atom stereocenters. The Kier molecular flexibility index (Phi) is 5.62. The highest BCUT2D eigenvalue weighted by Crippen LogP contribution is 2.12. The van der Waals surface area contributed by atoms with Crippen LogP contribution in [0, 0.1) is 17.0 Å². The van der Waals surface area contributed by atoms with Gasteiger partial charge < -0.3 is 10.6 Å². The molecule has 7 nitrogen and oxygen atoms in total. The summed E-state index contributed by atoms with van der Waals surface area (Å²) in [5, 5.41) is 15.9. The van der Waals surface area contributed by atoms with Crippen LogP contribution in [0.4, 0.5) is 11.4 Å². The molecule has 0 heterocycles. The van der Waals surface area contributed by atoms with Gasteiger partial charge in [-0.3, -0.25) is 19.7 Å². The van der Waals surface area contributed by atoms with Crippen LogP contribution >= 0.6 is 0 Å². The first-order valence-corrected chi connectivity index (χ1v) is 7.35. The summed E-state index contributed by atoms with van der Waals surface area (Å²) < 4.78 is 0. The van der Waals surface area contributed by atoms with E-state index in [1.165, 1.54) is 24.3 Å². The molecule has 0 fully saturated rings.